The zero-order valence-corrected chi connectivity index (χ0v) is 10.7. The van der Waals surface area contributed by atoms with E-state index in [4.69, 9.17) is 9.47 Å². The minimum absolute atomic E-state index is 0.332. The van der Waals surface area contributed by atoms with Gasteiger partial charge in [-0.2, -0.15) is 0 Å². The van der Waals surface area contributed by atoms with Crippen LogP contribution in [0, 0.1) is 6.92 Å². The summed E-state index contributed by atoms with van der Waals surface area (Å²) in [5.74, 6) is 1.09. The Morgan fingerprint density at radius 3 is 2.82 bits per heavy atom. The molecule has 17 heavy (non-hydrogen) atoms. The van der Waals surface area contributed by atoms with Gasteiger partial charge in [0.25, 0.3) is 0 Å². The topological polar surface area (TPSA) is 21.8 Å². The molecule has 0 spiro atoms. The molecule has 1 aromatic carbocycles. The number of epoxide rings is 1. The third-order valence-electron chi connectivity index (χ3n) is 3.97. The third-order valence-corrected chi connectivity index (χ3v) is 3.97. The normalized spacial score (nSPS) is 25.8. The van der Waals surface area contributed by atoms with Crippen LogP contribution in [0.5, 0.6) is 5.75 Å². The first-order chi connectivity index (χ1) is 8.29. The van der Waals surface area contributed by atoms with Crippen LogP contribution in [0.15, 0.2) is 12.1 Å². The number of hydrogen-bond acceptors (Lipinski definition) is 2. The summed E-state index contributed by atoms with van der Waals surface area (Å²) >= 11 is 0. The van der Waals surface area contributed by atoms with Crippen molar-refractivity contribution in [3.05, 3.63) is 28.8 Å². The summed E-state index contributed by atoms with van der Waals surface area (Å²) in [6.45, 7) is 5.08. The molecule has 92 valence electrons. The van der Waals surface area contributed by atoms with Gasteiger partial charge < -0.3 is 9.47 Å². The molecule has 2 aliphatic rings. The Balaban J connectivity index is 1.69. The van der Waals surface area contributed by atoms with Gasteiger partial charge in [0.2, 0.25) is 0 Å². The summed E-state index contributed by atoms with van der Waals surface area (Å²) in [4.78, 5) is 0. The standard InChI is InChI=1S/C15H20O2/c1-3-13-15(17-13)9-16-14-8-7-10(2)11-5-4-6-12(11)14/h7-8,13,15H,3-6,9H2,1-2H3/t13?,15-/m0/s1. The molecule has 1 fully saturated rings. The number of ether oxygens (including phenoxy) is 2. The summed E-state index contributed by atoms with van der Waals surface area (Å²) in [5, 5.41) is 0. The SMILES string of the molecule is CCC1O[C@H]1COc1ccc(C)c2c1CCC2. The fourth-order valence-electron chi connectivity index (χ4n) is 2.84. The van der Waals surface area contributed by atoms with Gasteiger partial charge in [0, 0.05) is 0 Å². The molecule has 2 atom stereocenters. The van der Waals surface area contributed by atoms with E-state index in [9.17, 15) is 0 Å². The maximum absolute atomic E-state index is 5.93. The first kappa shape index (κ1) is 11.1. The number of benzene rings is 1. The average molecular weight is 232 g/mol. The van der Waals surface area contributed by atoms with Crippen LogP contribution in [-0.4, -0.2) is 18.8 Å². The van der Waals surface area contributed by atoms with E-state index in [1.54, 1.807) is 0 Å². The Kier molecular flexibility index (Phi) is 2.83. The van der Waals surface area contributed by atoms with Crippen molar-refractivity contribution in [2.75, 3.05) is 6.61 Å². The van der Waals surface area contributed by atoms with Crippen LogP contribution in [-0.2, 0) is 17.6 Å². The maximum Gasteiger partial charge on any atom is 0.122 e. The van der Waals surface area contributed by atoms with Crippen molar-refractivity contribution in [3.8, 4) is 5.75 Å². The van der Waals surface area contributed by atoms with Crippen molar-refractivity contribution in [1.82, 2.24) is 0 Å². The molecule has 1 aliphatic heterocycles. The quantitative estimate of drug-likeness (QED) is 0.744. The molecule has 1 aromatic rings. The second-order valence-corrected chi connectivity index (χ2v) is 5.12. The van der Waals surface area contributed by atoms with Crippen molar-refractivity contribution < 1.29 is 9.47 Å². The lowest BCUT2D eigenvalue weighted by molar-refractivity contribution is 0.258. The zero-order chi connectivity index (χ0) is 11.8. The zero-order valence-electron chi connectivity index (χ0n) is 10.7. The van der Waals surface area contributed by atoms with Crippen molar-refractivity contribution in [2.24, 2.45) is 0 Å². The van der Waals surface area contributed by atoms with Gasteiger partial charge in [0.1, 0.15) is 18.5 Å². The highest BCUT2D eigenvalue weighted by atomic mass is 16.6. The first-order valence-corrected chi connectivity index (χ1v) is 6.69. The van der Waals surface area contributed by atoms with Gasteiger partial charge in [-0.15, -0.1) is 0 Å². The molecule has 1 saturated heterocycles. The first-order valence-electron chi connectivity index (χ1n) is 6.69. The van der Waals surface area contributed by atoms with Gasteiger partial charge in [-0.25, -0.2) is 0 Å². The second-order valence-electron chi connectivity index (χ2n) is 5.12. The van der Waals surface area contributed by atoms with Gasteiger partial charge in [-0.05, 0) is 55.4 Å². The van der Waals surface area contributed by atoms with Crippen molar-refractivity contribution in [3.63, 3.8) is 0 Å². The smallest absolute Gasteiger partial charge is 0.122 e. The molecule has 1 aliphatic carbocycles. The largest absolute Gasteiger partial charge is 0.490 e. The molecule has 0 N–H and O–H groups in total. The molecule has 0 saturated carbocycles. The Labute approximate surface area is 103 Å². The van der Waals surface area contributed by atoms with Crippen LogP contribution in [0.1, 0.15) is 36.5 Å². The van der Waals surface area contributed by atoms with Gasteiger partial charge >= 0.3 is 0 Å². The van der Waals surface area contributed by atoms with E-state index in [-0.39, 0.29) is 0 Å². The summed E-state index contributed by atoms with van der Waals surface area (Å²) in [5.41, 5.74) is 4.38. The lowest BCUT2D eigenvalue weighted by atomic mass is 10.0. The third kappa shape index (κ3) is 2.06. The molecule has 0 radical (unpaired) electrons. The summed E-state index contributed by atoms with van der Waals surface area (Å²) < 4.78 is 11.4. The van der Waals surface area contributed by atoms with Crippen molar-refractivity contribution in [1.29, 1.82) is 0 Å². The lowest BCUT2D eigenvalue weighted by Gasteiger charge is -2.11. The molecule has 0 amide bonds. The lowest BCUT2D eigenvalue weighted by Crippen LogP contribution is -2.08. The molecule has 2 nitrogen and oxygen atoms in total. The van der Waals surface area contributed by atoms with Gasteiger partial charge in [-0.1, -0.05) is 13.0 Å². The van der Waals surface area contributed by atoms with E-state index >= 15 is 0 Å². The van der Waals surface area contributed by atoms with E-state index < -0.39 is 0 Å². The van der Waals surface area contributed by atoms with E-state index in [2.05, 4.69) is 26.0 Å². The van der Waals surface area contributed by atoms with Crippen LogP contribution < -0.4 is 4.74 Å². The minimum atomic E-state index is 0.332. The Morgan fingerprint density at radius 1 is 1.24 bits per heavy atom. The van der Waals surface area contributed by atoms with Crippen LogP contribution in [0.25, 0.3) is 0 Å². The highest BCUT2D eigenvalue weighted by molar-refractivity contribution is 5.47. The van der Waals surface area contributed by atoms with E-state index in [0.29, 0.717) is 18.8 Å². The van der Waals surface area contributed by atoms with Crippen molar-refractivity contribution >= 4 is 0 Å². The van der Waals surface area contributed by atoms with E-state index in [0.717, 1.165) is 12.2 Å². The van der Waals surface area contributed by atoms with Crippen LogP contribution in [0.2, 0.25) is 0 Å². The van der Waals surface area contributed by atoms with Gasteiger partial charge in [0.15, 0.2) is 0 Å². The second kappa shape index (κ2) is 4.34. The fraction of sp³-hybridized carbons (Fsp3) is 0.600. The predicted octanol–water partition coefficient (Wildman–Crippen LogP) is 3.04. The molecule has 1 heterocycles. The number of rotatable bonds is 4. The summed E-state index contributed by atoms with van der Waals surface area (Å²) in [6, 6.07) is 4.31. The van der Waals surface area contributed by atoms with E-state index in [1.807, 2.05) is 0 Å². The Morgan fingerprint density at radius 2 is 2.06 bits per heavy atom. The van der Waals surface area contributed by atoms with Crippen LogP contribution in [0.3, 0.4) is 0 Å². The summed E-state index contributed by atoms with van der Waals surface area (Å²) in [6.07, 6.45) is 5.53. The van der Waals surface area contributed by atoms with Gasteiger partial charge in [0.05, 0.1) is 6.10 Å². The Hall–Kier alpha value is -1.02. The maximum atomic E-state index is 5.93. The molecule has 1 unspecified atom stereocenters. The predicted molar refractivity (Wildman–Crippen MR) is 67.7 cm³/mol. The Bertz CT molecular complexity index is 425. The number of hydrogen-bond donors (Lipinski definition) is 0. The highest BCUT2D eigenvalue weighted by Gasteiger charge is 2.37. The number of fused-ring (bicyclic) bond motifs is 1. The highest BCUT2D eigenvalue weighted by Crippen LogP contribution is 2.34. The monoisotopic (exact) mass is 232 g/mol. The molecular formula is C15H20O2. The molecule has 0 aromatic heterocycles. The molecule has 2 heteroatoms. The molecule has 0 bridgehead atoms. The van der Waals surface area contributed by atoms with Crippen molar-refractivity contribution in [2.45, 2.75) is 51.7 Å². The van der Waals surface area contributed by atoms with Gasteiger partial charge in [-0.3, -0.25) is 0 Å². The van der Waals surface area contributed by atoms with Crippen LogP contribution in [0.4, 0.5) is 0 Å². The fourth-order valence-corrected chi connectivity index (χ4v) is 2.84. The summed E-state index contributed by atoms with van der Waals surface area (Å²) in [7, 11) is 0. The number of aryl methyl sites for hydroxylation is 1. The molecule has 3 rings (SSSR count). The van der Waals surface area contributed by atoms with E-state index in [1.165, 1.54) is 36.0 Å². The molecular weight excluding hydrogens is 212 g/mol. The van der Waals surface area contributed by atoms with Crippen LogP contribution >= 0.6 is 0 Å². The minimum Gasteiger partial charge on any atom is -0.490 e. The average Bonchev–Trinajstić information content (AvgIpc) is 2.91.